The maximum Gasteiger partial charge on any atom is 0.251 e. The third kappa shape index (κ3) is 4.97. The van der Waals surface area contributed by atoms with Gasteiger partial charge in [0.1, 0.15) is 17.3 Å². The van der Waals surface area contributed by atoms with E-state index in [1.807, 2.05) is 39.0 Å². The van der Waals surface area contributed by atoms with Gasteiger partial charge in [0.25, 0.3) is 5.91 Å². The lowest BCUT2D eigenvalue weighted by Gasteiger charge is -2.13. The number of fused-ring (bicyclic) bond motifs is 1. The van der Waals surface area contributed by atoms with Crippen molar-refractivity contribution in [3.8, 4) is 11.5 Å². The van der Waals surface area contributed by atoms with Crippen LogP contribution in [0.1, 0.15) is 48.2 Å². The minimum atomic E-state index is -0.112. The van der Waals surface area contributed by atoms with Crippen LogP contribution in [0.15, 0.2) is 42.6 Å². The zero-order chi connectivity index (χ0) is 21.7. The van der Waals surface area contributed by atoms with Crippen molar-refractivity contribution < 1.29 is 14.3 Å². The molecule has 3 rings (SSSR count). The molecule has 156 valence electrons. The van der Waals surface area contributed by atoms with Gasteiger partial charge in [-0.25, -0.2) is 0 Å². The number of Topliss-reactive ketones (excluding diaryl/α,β-unsaturated/α-hetero) is 1. The molecular weight excluding hydrogens is 400 g/mol. The predicted molar refractivity (Wildman–Crippen MR) is 120 cm³/mol. The average molecular weight is 425 g/mol. The molecule has 5 nitrogen and oxygen atoms in total. The zero-order valence-corrected chi connectivity index (χ0v) is 18.2. The molecule has 0 radical (unpaired) electrons. The van der Waals surface area contributed by atoms with E-state index in [1.54, 1.807) is 24.4 Å². The Balaban J connectivity index is 1.93. The number of aryl methyl sites for hydroxylation is 1. The van der Waals surface area contributed by atoms with Gasteiger partial charge in [0.2, 0.25) is 0 Å². The molecule has 0 aliphatic carbocycles. The number of carbonyl (C=O) groups excluding carboxylic acids is 2. The van der Waals surface area contributed by atoms with Gasteiger partial charge < -0.3 is 10.1 Å². The van der Waals surface area contributed by atoms with Crippen LogP contribution in [-0.4, -0.2) is 23.2 Å². The maximum atomic E-state index is 12.5. The highest BCUT2D eigenvalue weighted by Gasteiger charge is 2.14. The molecule has 2 aromatic carbocycles. The number of benzene rings is 2. The van der Waals surface area contributed by atoms with E-state index in [1.165, 1.54) is 0 Å². The number of hydrogen-bond donors (Lipinski definition) is 1. The highest BCUT2D eigenvalue weighted by atomic mass is 35.5. The van der Waals surface area contributed by atoms with Crippen LogP contribution in [0, 0.1) is 6.92 Å². The molecule has 1 heterocycles. The third-order valence-corrected chi connectivity index (χ3v) is 5.21. The number of nitrogens with zero attached hydrogens (tertiary/aromatic N) is 1. The van der Waals surface area contributed by atoms with Crippen molar-refractivity contribution in [3.63, 3.8) is 0 Å². The van der Waals surface area contributed by atoms with Gasteiger partial charge in [0.05, 0.1) is 5.52 Å². The molecule has 0 bridgehead atoms. The topological polar surface area (TPSA) is 68.3 Å². The molecule has 0 saturated heterocycles. The summed E-state index contributed by atoms with van der Waals surface area (Å²) < 4.78 is 6.07. The fourth-order valence-electron chi connectivity index (χ4n) is 3.14. The van der Waals surface area contributed by atoms with Crippen LogP contribution >= 0.6 is 11.6 Å². The number of aromatic nitrogens is 1. The summed E-state index contributed by atoms with van der Waals surface area (Å²) in [5.41, 5.74) is 2.98. The summed E-state index contributed by atoms with van der Waals surface area (Å²) in [4.78, 5) is 28.6. The molecule has 1 N–H and O–H groups in total. The highest BCUT2D eigenvalue weighted by Crippen LogP contribution is 2.32. The van der Waals surface area contributed by atoms with Gasteiger partial charge >= 0.3 is 0 Å². The summed E-state index contributed by atoms with van der Waals surface area (Å²) in [6, 6.07) is 10.8. The average Bonchev–Trinajstić information content (AvgIpc) is 2.73. The molecule has 0 unspecified atom stereocenters. The van der Waals surface area contributed by atoms with E-state index in [0.717, 1.165) is 28.5 Å². The van der Waals surface area contributed by atoms with Crippen LogP contribution in [0.4, 0.5) is 0 Å². The molecule has 30 heavy (non-hydrogen) atoms. The Labute approximate surface area is 181 Å². The Hall–Kier alpha value is -2.92. The predicted octanol–water partition coefficient (Wildman–Crippen LogP) is 5.65. The molecule has 6 heteroatoms. The fourth-order valence-corrected chi connectivity index (χ4v) is 3.38. The number of amides is 1. The second-order valence-corrected chi connectivity index (χ2v) is 7.58. The molecule has 1 aromatic heterocycles. The van der Waals surface area contributed by atoms with Crippen molar-refractivity contribution in [1.29, 1.82) is 0 Å². The first-order valence-electron chi connectivity index (χ1n) is 10.1. The first-order valence-corrected chi connectivity index (χ1v) is 10.5. The van der Waals surface area contributed by atoms with E-state index in [9.17, 15) is 9.59 Å². The second kappa shape index (κ2) is 9.72. The van der Waals surface area contributed by atoms with Crippen molar-refractivity contribution in [2.45, 2.75) is 40.0 Å². The van der Waals surface area contributed by atoms with Crippen molar-refractivity contribution in [2.24, 2.45) is 0 Å². The highest BCUT2D eigenvalue weighted by molar-refractivity contribution is 6.31. The third-order valence-electron chi connectivity index (χ3n) is 4.86. The largest absolute Gasteiger partial charge is 0.457 e. The maximum absolute atomic E-state index is 12.5. The molecular formula is C24H25ClN2O3. The van der Waals surface area contributed by atoms with Crippen molar-refractivity contribution in [1.82, 2.24) is 10.3 Å². The molecule has 0 aliphatic heterocycles. The van der Waals surface area contributed by atoms with Gasteiger partial charge in [0, 0.05) is 41.6 Å². The molecule has 3 aromatic rings. The van der Waals surface area contributed by atoms with E-state index in [2.05, 4.69) is 10.3 Å². The second-order valence-electron chi connectivity index (χ2n) is 7.17. The Bertz CT molecular complexity index is 1100. The lowest BCUT2D eigenvalue weighted by molar-refractivity contribution is -0.118. The SMILES string of the molecule is CCCNC(=O)c1cc2c(Oc3ccc(CC(=O)CC)c(Cl)c3)ccnc2cc1C. The molecule has 0 spiro atoms. The van der Waals surface area contributed by atoms with Crippen LogP contribution in [-0.2, 0) is 11.2 Å². The number of halogens is 1. The zero-order valence-electron chi connectivity index (χ0n) is 17.4. The van der Waals surface area contributed by atoms with Gasteiger partial charge in [-0.2, -0.15) is 0 Å². The van der Waals surface area contributed by atoms with Gasteiger partial charge in [-0.3, -0.25) is 14.6 Å². The summed E-state index contributed by atoms with van der Waals surface area (Å²) in [5, 5.41) is 4.14. The fraction of sp³-hybridized carbons (Fsp3) is 0.292. The number of ketones is 1. The van der Waals surface area contributed by atoms with E-state index in [0.29, 0.717) is 41.5 Å². The van der Waals surface area contributed by atoms with Crippen molar-refractivity contribution >= 4 is 34.2 Å². The number of pyridine rings is 1. The number of rotatable bonds is 8. The Morgan fingerprint density at radius 2 is 1.93 bits per heavy atom. The summed E-state index contributed by atoms with van der Waals surface area (Å²) >= 11 is 6.35. The van der Waals surface area contributed by atoms with E-state index in [4.69, 9.17) is 16.3 Å². The van der Waals surface area contributed by atoms with E-state index in [-0.39, 0.29) is 11.7 Å². The Kier molecular flexibility index (Phi) is 7.06. The first kappa shape index (κ1) is 21.8. The summed E-state index contributed by atoms with van der Waals surface area (Å²) in [7, 11) is 0. The van der Waals surface area contributed by atoms with Crippen LogP contribution in [0.25, 0.3) is 10.9 Å². The quantitative estimate of drug-likeness (QED) is 0.507. The smallest absolute Gasteiger partial charge is 0.251 e. The van der Waals surface area contributed by atoms with Gasteiger partial charge in [-0.1, -0.05) is 31.5 Å². The summed E-state index contributed by atoms with van der Waals surface area (Å²) in [6.07, 6.45) is 3.33. The minimum absolute atomic E-state index is 0.112. The van der Waals surface area contributed by atoms with Crippen molar-refractivity contribution in [3.05, 3.63) is 64.3 Å². The van der Waals surface area contributed by atoms with Crippen LogP contribution in [0.2, 0.25) is 5.02 Å². The Morgan fingerprint density at radius 3 is 2.63 bits per heavy atom. The number of ether oxygens (including phenoxy) is 1. The number of nitrogens with one attached hydrogen (secondary N) is 1. The normalized spacial score (nSPS) is 10.8. The van der Waals surface area contributed by atoms with Crippen LogP contribution in [0.3, 0.4) is 0 Å². The standard InChI is InChI=1S/C24H25ClN2O3/c1-4-9-27-24(29)19-14-20-22(11-15(19)3)26-10-8-23(20)30-18-7-6-16(21(25)13-18)12-17(28)5-2/h6-8,10-11,13-14H,4-5,9,12H2,1-3H3,(H,27,29). The van der Waals surface area contributed by atoms with Crippen molar-refractivity contribution in [2.75, 3.05) is 6.54 Å². The van der Waals surface area contributed by atoms with Crippen LogP contribution < -0.4 is 10.1 Å². The molecule has 0 atom stereocenters. The molecule has 0 fully saturated rings. The summed E-state index contributed by atoms with van der Waals surface area (Å²) in [6.45, 7) is 6.36. The minimum Gasteiger partial charge on any atom is -0.457 e. The van der Waals surface area contributed by atoms with Gasteiger partial charge in [-0.15, -0.1) is 0 Å². The summed E-state index contributed by atoms with van der Waals surface area (Å²) in [5.74, 6) is 1.16. The lowest BCUT2D eigenvalue weighted by atomic mass is 10.0. The van der Waals surface area contributed by atoms with Gasteiger partial charge in [-0.05, 0) is 54.8 Å². The van der Waals surface area contributed by atoms with E-state index < -0.39 is 0 Å². The first-order chi connectivity index (χ1) is 14.4. The lowest BCUT2D eigenvalue weighted by Crippen LogP contribution is -2.24. The monoisotopic (exact) mass is 424 g/mol. The molecule has 1 amide bonds. The molecule has 0 aliphatic rings. The number of carbonyl (C=O) groups is 2. The molecule has 0 saturated carbocycles. The van der Waals surface area contributed by atoms with E-state index >= 15 is 0 Å². The van der Waals surface area contributed by atoms with Crippen LogP contribution in [0.5, 0.6) is 11.5 Å². The Morgan fingerprint density at radius 1 is 1.13 bits per heavy atom. The number of hydrogen-bond acceptors (Lipinski definition) is 4. The van der Waals surface area contributed by atoms with Gasteiger partial charge in [0.15, 0.2) is 0 Å².